The Kier molecular flexibility index (Phi) is 8.16. The number of aliphatic imine (C=N–C) groups is 1. The van der Waals surface area contributed by atoms with Gasteiger partial charge in [-0.15, -0.1) is 0 Å². The molecule has 2 aromatic carbocycles. The van der Waals surface area contributed by atoms with Gasteiger partial charge in [0.05, 0.1) is 6.54 Å². The Morgan fingerprint density at radius 3 is 2.56 bits per heavy atom. The summed E-state index contributed by atoms with van der Waals surface area (Å²) < 4.78 is 0. The Morgan fingerprint density at radius 1 is 1.04 bits per heavy atom. The van der Waals surface area contributed by atoms with Crippen LogP contribution in [0.1, 0.15) is 34.8 Å². The van der Waals surface area contributed by atoms with Gasteiger partial charge in [-0.2, -0.15) is 0 Å². The van der Waals surface area contributed by atoms with Gasteiger partial charge in [0.25, 0.3) is 5.91 Å². The summed E-state index contributed by atoms with van der Waals surface area (Å²) >= 11 is 0. The van der Waals surface area contributed by atoms with Crippen LogP contribution in [-0.4, -0.2) is 36.6 Å². The van der Waals surface area contributed by atoms with Gasteiger partial charge in [-0.05, 0) is 49.6 Å². The molecule has 144 valence electrons. The zero-order valence-electron chi connectivity index (χ0n) is 16.0. The molecule has 0 unspecified atom stereocenters. The van der Waals surface area contributed by atoms with E-state index in [1.54, 1.807) is 18.2 Å². The minimum Gasteiger partial charge on any atom is -0.508 e. The first-order valence-corrected chi connectivity index (χ1v) is 9.24. The lowest BCUT2D eigenvalue weighted by Gasteiger charge is -2.12. The number of amides is 1. The second-order valence-corrected chi connectivity index (χ2v) is 6.21. The standard InChI is InChI=1S/C21H28N4O2/c1-3-22-21(25-15-18-9-5-4-8-16(18)2)24-13-7-12-23-20(27)17-10-6-11-19(26)14-17/h4-6,8-11,14,26H,3,7,12-13,15H2,1-2H3,(H,23,27)(H2,22,24,25). The lowest BCUT2D eigenvalue weighted by Crippen LogP contribution is -2.38. The van der Waals surface area contributed by atoms with E-state index in [1.807, 2.05) is 19.1 Å². The molecule has 2 aromatic rings. The van der Waals surface area contributed by atoms with Gasteiger partial charge in [-0.1, -0.05) is 30.3 Å². The largest absolute Gasteiger partial charge is 0.508 e. The van der Waals surface area contributed by atoms with Crippen LogP contribution in [0.15, 0.2) is 53.5 Å². The average Bonchev–Trinajstić information content (AvgIpc) is 2.66. The van der Waals surface area contributed by atoms with E-state index >= 15 is 0 Å². The van der Waals surface area contributed by atoms with Crippen LogP contribution in [0.2, 0.25) is 0 Å². The highest BCUT2D eigenvalue weighted by molar-refractivity contribution is 5.94. The Labute approximate surface area is 160 Å². The second kappa shape index (κ2) is 10.9. The fraction of sp³-hybridized carbons (Fsp3) is 0.333. The molecule has 1 amide bonds. The molecule has 0 aliphatic carbocycles. The molecule has 0 spiro atoms. The predicted octanol–water partition coefficient (Wildman–Crippen LogP) is 2.58. The zero-order chi connectivity index (χ0) is 19.5. The molecule has 0 aliphatic rings. The van der Waals surface area contributed by atoms with Crippen LogP contribution < -0.4 is 16.0 Å². The molecule has 0 aliphatic heterocycles. The quantitative estimate of drug-likeness (QED) is 0.328. The van der Waals surface area contributed by atoms with Crippen molar-refractivity contribution >= 4 is 11.9 Å². The van der Waals surface area contributed by atoms with Gasteiger partial charge in [0.1, 0.15) is 5.75 Å². The van der Waals surface area contributed by atoms with Crippen LogP contribution >= 0.6 is 0 Å². The molecule has 0 saturated carbocycles. The van der Waals surface area contributed by atoms with Gasteiger partial charge in [-0.3, -0.25) is 4.79 Å². The van der Waals surface area contributed by atoms with Crippen molar-refractivity contribution in [1.29, 1.82) is 0 Å². The van der Waals surface area contributed by atoms with Crippen LogP contribution in [0.3, 0.4) is 0 Å². The Bertz CT molecular complexity index is 774. The molecule has 4 N–H and O–H groups in total. The fourth-order valence-electron chi connectivity index (χ4n) is 2.54. The highest BCUT2D eigenvalue weighted by Crippen LogP contribution is 2.10. The maximum absolute atomic E-state index is 12.0. The SMILES string of the molecule is CCNC(=NCc1ccccc1C)NCCCNC(=O)c1cccc(O)c1. The summed E-state index contributed by atoms with van der Waals surface area (Å²) in [6, 6.07) is 14.5. The van der Waals surface area contributed by atoms with Crippen molar-refractivity contribution < 1.29 is 9.90 Å². The van der Waals surface area contributed by atoms with E-state index in [2.05, 4.69) is 40.0 Å². The Morgan fingerprint density at radius 2 is 1.81 bits per heavy atom. The minimum absolute atomic E-state index is 0.0875. The van der Waals surface area contributed by atoms with E-state index in [0.29, 0.717) is 25.2 Å². The Hall–Kier alpha value is -3.02. The van der Waals surface area contributed by atoms with Crippen molar-refractivity contribution in [2.75, 3.05) is 19.6 Å². The number of carbonyl (C=O) groups is 1. The molecule has 2 rings (SSSR count). The maximum Gasteiger partial charge on any atom is 0.251 e. The van der Waals surface area contributed by atoms with Crippen LogP contribution in [0.4, 0.5) is 0 Å². The van der Waals surface area contributed by atoms with Crippen molar-refractivity contribution in [3.05, 3.63) is 65.2 Å². The third-order valence-corrected chi connectivity index (χ3v) is 4.05. The van der Waals surface area contributed by atoms with Crippen LogP contribution in [0, 0.1) is 6.92 Å². The van der Waals surface area contributed by atoms with E-state index < -0.39 is 0 Å². The molecule has 0 saturated heterocycles. The summed E-state index contributed by atoms with van der Waals surface area (Å²) in [5.74, 6) is 0.663. The number of carbonyl (C=O) groups excluding carboxylic acids is 1. The lowest BCUT2D eigenvalue weighted by atomic mass is 10.1. The van der Waals surface area contributed by atoms with Crippen molar-refractivity contribution in [3.8, 4) is 5.75 Å². The summed E-state index contributed by atoms with van der Waals surface area (Å²) in [7, 11) is 0. The number of hydrogen-bond donors (Lipinski definition) is 4. The third kappa shape index (κ3) is 7.01. The zero-order valence-corrected chi connectivity index (χ0v) is 16.0. The first kappa shape index (κ1) is 20.3. The van der Waals surface area contributed by atoms with Crippen LogP contribution in [-0.2, 0) is 6.54 Å². The topological polar surface area (TPSA) is 85.8 Å². The highest BCUT2D eigenvalue weighted by Gasteiger charge is 2.05. The van der Waals surface area contributed by atoms with E-state index in [9.17, 15) is 9.90 Å². The van der Waals surface area contributed by atoms with E-state index in [1.165, 1.54) is 17.2 Å². The van der Waals surface area contributed by atoms with Crippen molar-refractivity contribution in [2.24, 2.45) is 4.99 Å². The van der Waals surface area contributed by atoms with Gasteiger partial charge in [0.2, 0.25) is 0 Å². The summed E-state index contributed by atoms with van der Waals surface area (Å²) in [4.78, 5) is 16.6. The van der Waals surface area contributed by atoms with Crippen molar-refractivity contribution in [2.45, 2.75) is 26.8 Å². The van der Waals surface area contributed by atoms with Crippen LogP contribution in [0.25, 0.3) is 0 Å². The fourth-order valence-corrected chi connectivity index (χ4v) is 2.54. The van der Waals surface area contributed by atoms with Gasteiger partial charge in [0, 0.05) is 25.2 Å². The molecular weight excluding hydrogens is 340 g/mol. The molecule has 0 fully saturated rings. The first-order valence-electron chi connectivity index (χ1n) is 9.24. The van der Waals surface area contributed by atoms with Crippen molar-refractivity contribution in [1.82, 2.24) is 16.0 Å². The number of aryl methyl sites for hydroxylation is 1. The number of rotatable bonds is 8. The number of phenols is 1. The first-order chi connectivity index (χ1) is 13.1. The number of phenolic OH excluding ortho intramolecular Hbond substituents is 1. The average molecular weight is 368 g/mol. The van der Waals surface area contributed by atoms with E-state index in [-0.39, 0.29) is 11.7 Å². The molecule has 6 heteroatoms. The lowest BCUT2D eigenvalue weighted by molar-refractivity contribution is 0.0953. The summed E-state index contributed by atoms with van der Waals surface area (Å²) in [5, 5.41) is 18.8. The summed E-state index contributed by atoms with van der Waals surface area (Å²) in [5.41, 5.74) is 2.89. The number of nitrogens with one attached hydrogen (secondary N) is 3. The smallest absolute Gasteiger partial charge is 0.251 e. The number of guanidine groups is 1. The molecule has 27 heavy (non-hydrogen) atoms. The normalized spacial score (nSPS) is 11.1. The third-order valence-electron chi connectivity index (χ3n) is 4.05. The van der Waals surface area contributed by atoms with Gasteiger partial charge in [-0.25, -0.2) is 4.99 Å². The van der Waals surface area contributed by atoms with Gasteiger partial charge < -0.3 is 21.1 Å². The number of benzene rings is 2. The number of nitrogens with zero attached hydrogens (tertiary/aromatic N) is 1. The van der Waals surface area contributed by atoms with Crippen molar-refractivity contribution in [3.63, 3.8) is 0 Å². The number of aromatic hydroxyl groups is 1. The highest BCUT2D eigenvalue weighted by atomic mass is 16.3. The van der Waals surface area contributed by atoms with E-state index in [0.717, 1.165) is 18.9 Å². The summed E-state index contributed by atoms with van der Waals surface area (Å²) in [6.07, 6.45) is 0.763. The second-order valence-electron chi connectivity index (χ2n) is 6.21. The molecule has 0 heterocycles. The molecule has 0 aromatic heterocycles. The monoisotopic (exact) mass is 368 g/mol. The molecule has 0 bridgehead atoms. The minimum atomic E-state index is -0.189. The molecule has 6 nitrogen and oxygen atoms in total. The predicted molar refractivity (Wildman–Crippen MR) is 109 cm³/mol. The number of hydrogen-bond acceptors (Lipinski definition) is 3. The molecule has 0 atom stereocenters. The molecular formula is C21H28N4O2. The van der Waals surface area contributed by atoms with Gasteiger partial charge >= 0.3 is 0 Å². The van der Waals surface area contributed by atoms with E-state index in [4.69, 9.17) is 0 Å². The van der Waals surface area contributed by atoms with Crippen LogP contribution in [0.5, 0.6) is 5.75 Å². The Balaban J connectivity index is 1.75. The summed E-state index contributed by atoms with van der Waals surface area (Å²) in [6.45, 7) is 6.75. The van der Waals surface area contributed by atoms with Gasteiger partial charge in [0.15, 0.2) is 5.96 Å². The molecule has 0 radical (unpaired) electrons. The maximum atomic E-state index is 12.0.